The molecule has 23 heavy (non-hydrogen) atoms. The second-order valence-electron chi connectivity index (χ2n) is 5.01. The van der Waals surface area contributed by atoms with Crippen LogP contribution in [0.25, 0.3) is 0 Å². The first-order chi connectivity index (χ1) is 11.2. The average Bonchev–Trinajstić information content (AvgIpc) is 2.55. The molecule has 0 saturated heterocycles. The summed E-state index contributed by atoms with van der Waals surface area (Å²) in [6.45, 7) is 3.37. The van der Waals surface area contributed by atoms with E-state index in [1.165, 1.54) is 0 Å². The Morgan fingerprint density at radius 2 is 1.87 bits per heavy atom. The molecule has 0 aliphatic heterocycles. The van der Waals surface area contributed by atoms with Crippen molar-refractivity contribution in [2.45, 2.75) is 19.8 Å². The summed E-state index contributed by atoms with van der Waals surface area (Å²) in [5.74, 6) is 0.801. The van der Waals surface area contributed by atoms with Gasteiger partial charge in [-0.1, -0.05) is 41.9 Å². The molecule has 2 aromatic carbocycles. The summed E-state index contributed by atoms with van der Waals surface area (Å²) in [4.78, 5) is 0. The largest absolute Gasteiger partial charge is 0.492 e. The maximum absolute atomic E-state index is 6.15. The maximum atomic E-state index is 6.15. The topological polar surface area (TPSA) is 33.3 Å². The first kappa shape index (κ1) is 17.6. The molecule has 0 amide bonds. The molecule has 2 aromatic rings. The predicted molar refractivity (Wildman–Crippen MR) is 102 cm³/mol. The van der Waals surface area contributed by atoms with Crippen LogP contribution in [0.5, 0.6) is 5.75 Å². The minimum absolute atomic E-state index is 0.594. The number of aryl methyl sites for hydroxylation is 1. The van der Waals surface area contributed by atoms with Crippen molar-refractivity contribution in [3.8, 4) is 5.75 Å². The number of benzene rings is 2. The van der Waals surface area contributed by atoms with Crippen LogP contribution in [0, 0.1) is 0 Å². The standard InChI is InChI=1S/C18H21ClN2OS/c1-2-22-17-12-6-5-11-16(17)21-18(23)20-13-7-9-14-8-3-4-10-15(14)19/h3-6,8,10-12H,2,7,9,13H2,1H3,(H2,20,21,23). The number of thiocarbonyl (C=S) groups is 1. The average molecular weight is 349 g/mol. The monoisotopic (exact) mass is 348 g/mol. The summed E-state index contributed by atoms with van der Waals surface area (Å²) in [6, 6.07) is 15.7. The third-order valence-electron chi connectivity index (χ3n) is 3.30. The third-order valence-corrected chi connectivity index (χ3v) is 3.92. The number of nitrogens with one attached hydrogen (secondary N) is 2. The number of ether oxygens (including phenoxy) is 1. The lowest BCUT2D eigenvalue weighted by atomic mass is 10.1. The number of halogens is 1. The van der Waals surface area contributed by atoms with Crippen LogP contribution in [0.3, 0.4) is 0 Å². The van der Waals surface area contributed by atoms with Crippen LogP contribution >= 0.6 is 23.8 Å². The van der Waals surface area contributed by atoms with Crippen LogP contribution in [0.1, 0.15) is 18.9 Å². The van der Waals surface area contributed by atoms with Gasteiger partial charge in [-0.3, -0.25) is 0 Å². The molecule has 3 nitrogen and oxygen atoms in total. The fourth-order valence-corrected chi connectivity index (χ4v) is 2.64. The summed E-state index contributed by atoms with van der Waals surface area (Å²) < 4.78 is 5.57. The molecule has 0 unspecified atom stereocenters. The Hall–Kier alpha value is -1.78. The minimum Gasteiger partial charge on any atom is -0.492 e. The van der Waals surface area contributed by atoms with Crippen molar-refractivity contribution >= 4 is 34.6 Å². The predicted octanol–water partition coefficient (Wildman–Crippen LogP) is 4.66. The van der Waals surface area contributed by atoms with Crippen molar-refractivity contribution in [2.24, 2.45) is 0 Å². The van der Waals surface area contributed by atoms with Gasteiger partial charge >= 0.3 is 0 Å². The van der Waals surface area contributed by atoms with E-state index in [4.69, 9.17) is 28.6 Å². The number of hydrogen-bond donors (Lipinski definition) is 2. The van der Waals surface area contributed by atoms with E-state index in [1.54, 1.807) is 0 Å². The highest BCUT2D eigenvalue weighted by atomic mass is 35.5. The molecule has 0 bridgehead atoms. The van der Waals surface area contributed by atoms with Gasteiger partial charge in [0, 0.05) is 11.6 Å². The summed E-state index contributed by atoms with van der Waals surface area (Å²) in [5.41, 5.74) is 2.04. The van der Waals surface area contributed by atoms with Crippen molar-refractivity contribution in [3.05, 3.63) is 59.1 Å². The van der Waals surface area contributed by atoms with Gasteiger partial charge in [-0.25, -0.2) is 0 Å². The number of para-hydroxylation sites is 2. The van der Waals surface area contributed by atoms with E-state index >= 15 is 0 Å². The van der Waals surface area contributed by atoms with Gasteiger partial charge in [0.25, 0.3) is 0 Å². The lowest BCUT2D eigenvalue weighted by Crippen LogP contribution is -2.29. The van der Waals surface area contributed by atoms with Gasteiger partial charge in [0.1, 0.15) is 5.75 Å². The lowest BCUT2D eigenvalue weighted by molar-refractivity contribution is 0.342. The molecular weight excluding hydrogens is 328 g/mol. The molecule has 0 atom stereocenters. The molecule has 5 heteroatoms. The van der Waals surface area contributed by atoms with E-state index in [2.05, 4.69) is 16.7 Å². The second kappa shape index (κ2) is 9.38. The van der Waals surface area contributed by atoms with E-state index in [0.29, 0.717) is 11.7 Å². The van der Waals surface area contributed by atoms with Crippen LogP contribution in [0.4, 0.5) is 5.69 Å². The van der Waals surface area contributed by atoms with E-state index in [-0.39, 0.29) is 0 Å². The normalized spacial score (nSPS) is 10.2. The van der Waals surface area contributed by atoms with Crippen LogP contribution in [0.15, 0.2) is 48.5 Å². The van der Waals surface area contributed by atoms with Crippen LogP contribution < -0.4 is 15.4 Å². The zero-order valence-corrected chi connectivity index (χ0v) is 14.7. The molecule has 0 heterocycles. The Balaban J connectivity index is 1.76. The van der Waals surface area contributed by atoms with E-state index in [1.807, 2.05) is 49.4 Å². The van der Waals surface area contributed by atoms with Crippen LogP contribution in [-0.2, 0) is 6.42 Å². The molecule has 0 aromatic heterocycles. The quantitative estimate of drug-likeness (QED) is 0.563. The zero-order valence-electron chi connectivity index (χ0n) is 13.1. The van der Waals surface area contributed by atoms with Crippen LogP contribution in [-0.4, -0.2) is 18.3 Å². The maximum Gasteiger partial charge on any atom is 0.170 e. The third kappa shape index (κ3) is 5.73. The fourth-order valence-electron chi connectivity index (χ4n) is 2.20. The molecule has 0 aliphatic carbocycles. The molecule has 0 spiro atoms. The molecular formula is C18H21ClN2OS. The van der Waals surface area contributed by atoms with Gasteiger partial charge in [-0.2, -0.15) is 0 Å². The molecule has 0 aliphatic rings. The van der Waals surface area contributed by atoms with Gasteiger partial charge in [0.2, 0.25) is 0 Å². The molecule has 0 fully saturated rings. The van der Waals surface area contributed by atoms with Crippen molar-refractivity contribution < 1.29 is 4.74 Å². The minimum atomic E-state index is 0.594. The summed E-state index contributed by atoms with van der Waals surface area (Å²) in [6.07, 6.45) is 1.88. The van der Waals surface area contributed by atoms with Crippen molar-refractivity contribution in [3.63, 3.8) is 0 Å². The summed E-state index contributed by atoms with van der Waals surface area (Å²) in [5, 5.41) is 7.80. The second-order valence-corrected chi connectivity index (χ2v) is 5.82. The Morgan fingerprint density at radius 1 is 1.13 bits per heavy atom. The molecule has 2 rings (SSSR count). The Kier molecular flexibility index (Phi) is 7.17. The Bertz CT molecular complexity index is 648. The van der Waals surface area contributed by atoms with Gasteiger partial charge in [-0.15, -0.1) is 0 Å². The van der Waals surface area contributed by atoms with Gasteiger partial charge < -0.3 is 15.4 Å². The number of hydrogen-bond acceptors (Lipinski definition) is 2. The van der Waals surface area contributed by atoms with Crippen molar-refractivity contribution in [1.82, 2.24) is 5.32 Å². The van der Waals surface area contributed by atoms with E-state index in [9.17, 15) is 0 Å². The summed E-state index contributed by atoms with van der Waals surface area (Å²) in [7, 11) is 0. The lowest BCUT2D eigenvalue weighted by Gasteiger charge is -2.14. The fraction of sp³-hybridized carbons (Fsp3) is 0.278. The van der Waals surface area contributed by atoms with Crippen molar-refractivity contribution in [1.29, 1.82) is 0 Å². The first-order valence-corrected chi connectivity index (χ1v) is 8.49. The zero-order chi connectivity index (χ0) is 16.5. The number of rotatable bonds is 7. The molecule has 0 radical (unpaired) electrons. The Morgan fingerprint density at radius 3 is 2.65 bits per heavy atom. The highest BCUT2D eigenvalue weighted by Crippen LogP contribution is 2.23. The SMILES string of the molecule is CCOc1ccccc1NC(=S)NCCCc1ccccc1Cl. The van der Waals surface area contributed by atoms with Gasteiger partial charge in [-0.05, 0) is 55.7 Å². The van der Waals surface area contributed by atoms with Crippen LogP contribution in [0.2, 0.25) is 5.02 Å². The van der Waals surface area contributed by atoms with E-state index < -0.39 is 0 Å². The summed E-state index contributed by atoms with van der Waals surface area (Å²) >= 11 is 11.5. The Labute approximate surface area is 148 Å². The van der Waals surface area contributed by atoms with Gasteiger partial charge in [0.15, 0.2) is 5.11 Å². The van der Waals surface area contributed by atoms with E-state index in [0.717, 1.165) is 41.4 Å². The van der Waals surface area contributed by atoms with Crippen molar-refractivity contribution in [2.75, 3.05) is 18.5 Å². The van der Waals surface area contributed by atoms with Gasteiger partial charge in [0.05, 0.1) is 12.3 Å². The number of anilines is 1. The first-order valence-electron chi connectivity index (χ1n) is 7.70. The highest BCUT2D eigenvalue weighted by molar-refractivity contribution is 7.80. The smallest absolute Gasteiger partial charge is 0.170 e. The molecule has 0 saturated carbocycles. The highest BCUT2D eigenvalue weighted by Gasteiger charge is 2.04. The molecule has 2 N–H and O–H groups in total. The molecule has 122 valence electrons.